The first-order valence-corrected chi connectivity index (χ1v) is 16.7. The van der Waals surface area contributed by atoms with E-state index >= 15 is 0 Å². The molecule has 15 heteroatoms. The summed E-state index contributed by atoms with van der Waals surface area (Å²) in [6, 6.07) is 13.4. The quantitative estimate of drug-likeness (QED) is 0.114. The first kappa shape index (κ1) is 39.2. The molecule has 0 bridgehead atoms. The minimum absolute atomic E-state index is 0.0470. The van der Waals surface area contributed by atoms with Crippen molar-refractivity contribution in [1.29, 1.82) is 0 Å². The Morgan fingerprint density at radius 2 is 1.70 bits per heavy atom. The van der Waals surface area contributed by atoms with Gasteiger partial charge in [-0.1, -0.05) is 30.3 Å². The Bertz CT molecular complexity index is 1900. The van der Waals surface area contributed by atoms with E-state index in [1.807, 2.05) is 0 Å². The molecule has 0 aromatic heterocycles. The standard InChI is InChI=1S/C38H37F7N4O4/c1-21(28-12-10-25(40)17-31(28)38(43,44)45)48-37(51)53-20-26-19-52-27(18-47-26)11-13-29-32(41)3-2-4-35(29)49-36(50)34(46)16-22-5-14-33(42)30(15-22)23-6-8-24(39)9-7-23/h2-10,12,14-15,17,21,26-27,34,47H,11,13,16,18-20,46H2,1H3,(H,48,51)(H,49,50)/t21-,26+,27-,34+/m1/s1. The predicted octanol–water partition coefficient (Wildman–Crippen LogP) is 7.21. The molecule has 0 radical (unpaired) electrons. The minimum atomic E-state index is -4.82. The molecule has 5 N–H and O–H groups in total. The lowest BCUT2D eigenvalue weighted by Crippen LogP contribution is -2.49. The fourth-order valence-electron chi connectivity index (χ4n) is 5.94. The number of alkyl carbamates (subject to hydrolysis) is 1. The van der Waals surface area contributed by atoms with E-state index in [-0.39, 0.29) is 54.5 Å². The smallest absolute Gasteiger partial charge is 0.416 e. The highest BCUT2D eigenvalue weighted by Crippen LogP contribution is 2.35. The summed E-state index contributed by atoms with van der Waals surface area (Å²) in [5.41, 5.74) is 6.39. The lowest BCUT2D eigenvalue weighted by Gasteiger charge is -2.30. The highest BCUT2D eigenvalue weighted by atomic mass is 19.4. The molecule has 282 valence electrons. The molecule has 4 aromatic carbocycles. The molecule has 53 heavy (non-hydrogen) atoms. The molecule has 0 unspecified atom stereocenters. The summed E-state index contributed by atoms with van der Waals surface area (Å²) in [6.07, 6.45) is -5.56. The van der Waals surface area contributed by atoms with E-state index in [4.69, 9.17) is 15.2 Å². The Morgan fingerprint density at radius 3 is 2.40 bits per heavy atom. The van der Waals surface area contributed by atoms with Gasteiger partial charge in [0.15, 0.2) is 0 Å². The number of carbonyl (C=O) groups is 2. The maximum Gasteiger partial charge on any atom is 0.416 e. The highest BCUT2D eigenvalue weighted by molar-refractivity contribution is 5.95. The van der Waals surface area contributed by atoms with Crippen LogP contribution in [0.1, 0.15) is 41.6 Å². The second-order valence-electron chi connectivity index (χ2n) is 12.7. The minimum Gasteiger partial charge on any atom is -0.448 e. The average molecular weight is 747 g/mol. The summed E-state index contributed by atoms with van der Waals surface area (Å²) in [5, 5.41) is 8.17. The molecule has 1 aliphatic heterocycles. The first-order valence-electron chi connectivity index (χ1n) is 16.7. The third kappa shape index (κ3) is 10.6. The van der Waals surface area contributed by atoms with Crippen LogP contribution < -0.4 is 21.7 Å². The van der Waals surface area contributed by atoms with Crippen LogP contribution in [0.2, 0.25) is 0 Å². The van der Waals surface area contributed by atoms with Crippen LogP contribution in [-0.4, -0.2) is 49.9 Å². The topological polar surface area (TPSA) is 115 Å². The lowest BCUT2D eigenvalue weighted by molar-refractivity contribution is -0.138. The zero-order chi connectivity index (χ0) is 38.3. The van der Waals surface area contributed by atoms with Gasteiger partial charge in [0.25, 0.3) is 0 Å². The van der Waals surface area contributed by atoms with Crippen molar-refractivity contribution in [2.75, 3.05) is 25.1 Å². The van der Waals surface area contributed by atoms with E-state index in [9.17, 15) is 40.3 Å². The van der Waals surface area contributed by atoms with Gasteiger partial charge in [-0.15, -0.1) is 0 Å². The number of carbonyl (C=O) groups excluding carboxylic acids is 2. The third-order valence-corrected chi connectivity index (χ3v) is 8.78. The fourth-order valence-corrected chi connectivity index (χ4v) is 5.94. The average Bonchev–Trinajstić information content (AvgIpc) is 3.11. The molecule has 8 nitrogen and oxygen atoms in total. The van der Waals surface area contributed by atoms with E-state index < -0.39 is 65.1 Å². The van der Waals surface area contributed by atoms with Gasteiger partial charge in [0.1, 0.15) is 29.9 Å². The maximum absolute atomic E-state index is 15.0. The van der Waals surface area contributed by atoms with Crippen molar-refractivity contribution in [1.82, 2.24) is 10.6 Å². The van der Waals surface area contributed by atoms with Crippen molar-refractivity contribution >= 4 is 17.7 Å². The van der Waals surface area contributed by atoms with Crippen molar-refractivity contribution in [3.63, 3.8) is 0 Å². The Hall–Kier alpha value is -4.99. The SMILES string of the molecule is C[C@@H](NC(=O)OC[C@@H]1CO[C@H](CCc2c(F)cccc2NC(=O)[C@@H](N)Cc2ccc(F)c(-c3ccc(F)cc3)c2)CN1)c1ccc(F)cc1C(F)(F)F. The van der Waals surface area contributed by atoms with Crippen molar-refractivity contribution in [3.8, 4) is 11.1 Å². The Labute approximate surface area is 300 Å². The Morgan fingerprint density at radius 1 is 0.962 bits per heavy atom. The molecular formula is C38H37F7N4O4. The third-order valence-electron chi connectivity index (χ3n) is 8.78. The van der Waals surface area contributed by atoms with Gasteiger partial charge in [-0.25, -0.2) is 22.4 Å². The molecule has 1 fully saturated rings. The summed E-state index contributed by atoms with van der Waals surface area (Å²) < 4.78 is 107. The van der Waals surface area contributed by atoms with E-state index in [1.165, 1.54) is 55.5 Å². The normalized spacial score (nSPS) is 17.2. The van der Waals surface area contributed by atoms with Crippen molar-refractivity contribution in [2.45, 2.75) is 56.6 Å². The number of ether oxygens (including phenoxy) is 2. The number of rotatable bonds is 12. The zero-order valence-corrected chi connectivity index (χ0v) is 28.4. The van der Waals surface area contributed by atoms with Crippen LogP contribution in [0.4, 0.5) is 41.2 Å². The number of hydrogen-bond acceptors (Lipinski definition) is 6. The summed E-state index contributed by atoms with van der Waals surface area (Å²) in [6.45, 7) is 1.59. The number of anilines is 1. The molecule has 4 atom stereocenters. The molecule has 1 saturated heterocycles. The van der Waals surface area contributed by atoms with Gasteiger partial charge in [0.2, 0.25) is 5.91 Å². The van der Waals surface area contributed by atoms with Crippen molar-refractivity contribution < 1.29 is 49.8 Å². The molecule has 5 rings (SSSR count). The van der Waals surface area contributed by atoms with Crippen LogP contribution in [-0.2, 0) is 33.3 Å². The number of amides is 2. The number of nitrogens with two attached hydrogens (primary N) is 1. The van der Waals surface area contributed by atoms with E-state index in [2.05, 4.69) is 16.0 Å². The summed E-state index contributed by atoms with van der Waals surface area (Å²) in [7, 11) is 0. The van der Waals surface area contributed by atoms with Crippen LogP contribution in [0.5, 0.6) is 0 Å². The van der Waals surface area contributed by atoms with Crippen molar-refractivity contribution in [2.24, 2.45) is 5.73 Å². The second kappa shape index (κ2) is 17.2. The molecule has 4 aromatic rings. The largest absolute Gasteiger partial charge is 0.448 e. The molecule has 1 aliphatic rings. The van der Waals surface area contributed by atoms with Crippen LogP contribution in [0.15, 0.2) is 78.9 Å². The van der Waals surface area contributed by atoms with Gasteiger partial charge in [0, 0.05) is 23.4 Å². The number of hydrogen-bond donors (Lipinski definition) is 4. The molecule has 0 aliphatic carbocycles. The zero-order valence-electron chi connectivity index (χ0n) is 28.4. The van der Waals surface area contributed by atoms with E-state index in [0.717, 1.165) is 12.1 Å². The summed E-state index contributed by atoms with van der Waals surface area (Å²) in [4.78, 5) is 25.4. The summed E-state index contributed by atoms with van der Waals surface area (Å²) >= 11 is 0. The molecule has 1 heterocycles. The fraction of sp³-hybridized carbons (Fsp3) is 0.316. The van der Waals surface area contributed by atoms with Gasteiger partial charge in [-0.05, 0) is 91.4 Å². The molecule has 2 amide bonds. The number of alkyl halides is 3. The van der Waals surface area contributed by atoms with E-state index in [1.54, 1.807) is 12.1 Å². The summed E-state index contributed by atoms with van der Waals surface area (Å²) in [5.74, 6) is -3.16. The first-order chi connectivity index (χ1) is 25.2. The number of morpholine rings is 1. The van der Waals surface area contributed by atoms with Crippen LogP contribution in [0, 0.1) is 23.3 Å². The van der Waals surface area contributed by atoms with Crippen LogP contribution in [0.25, 0.3) is 11.1 Å². The monoisotopic (exact) mass is 746 g/mol. The Kier molecular flexibility index (Phi) is 12.7. The van der Waals surface area contributed by atoms with Crippen LogP contribution in [0.3, 0.4) is 0 Å². The predicted molar refractivity (Wildman–Crippen MR) is 183 cm³/mol. The molecule has 0 saturated carbocycles. The number of benzene rings is 4. The van der Waals surface area contributed by atoms with Gasteiger partial charge in [-0.3, -0.25) is 4.79 Å². The number of halogens is 7. The molecule has 0 spiro atoms. The van der Waals surface area contributed by atoms with Crippen LogP contribution >= 0.6 is 0 Å². The highest BCUT2D eigenvalue weighted by Gasteiger charge is 2.35. The van der Waals surface area contributed by atoms with Gasteiger partial charge >= 0.3 is 12.3 Å². The van der Waals surface area contributed by atoms with Gasteiger partial charge < -0.3 is 31.2 Å². The van der Waals surface area contributed by atoms with Crippen molar-refractivity contribution in [3.05, 3.63) is 124 Å². The maximum atomic E-state index is 15.0. The second-order valence-corrected chi connectivity index (χ2v) is 12.7. The van der Waals surface area contributed by atoms with Gasteiger partial charge in [-0.2, -0.15) is 13.2 Å². The van der Waals surface area contributed by atoms with Gasteiger partial charge in [0.05, 0.1) is 36.4 Å². The number of nitrogens with one attached hydrogen (secondary N) is 3. The Balaban J connectivity index is 1.09. The lowest BCUT2D eigenvalue weighted by atomic mass is 9.98. The molecular weight excluding hydrogens is 709 g/mol. The van der Waals surface area contributed by atoms with E-state index in [0.29, 0.717) is 30.2 Å².